The van der Waals surface area contributed by atoms with E-state index in [2.05, 4.69) is 26.2 Å². The Balaban J connectivity index is 2.24. The Morgan fingerprint density at radius 2 is 1.85 bits per heavy atom. The smallest absolute Gasteiger partial charge is 0.330 e. The molecule has 1 aromatic carbocycles. The molecule has 0 spiro atoms. The van der Waals surface area contributed by atoms with Gasteiger partial charge in [-0.2, -0.15) is 0 Å². The van der Waals surface area contributed by atoms with Crippen molar-refractivity contribution in [2.75, 3.05) is 0 Å². The third-order valence-corrected chi connectivity index (χ3v) is 3.27. The van der Waals surface area contributed by atoms with Crippen molar-refractivity contribution in [3.63, 3.8) is 0 Å². The molecule has 0 saturated heterocycles. The van der Waals surface area contributed by atoms with E-state index in [-0.39, 0.29) is 5.69 Å². The summed E-state index contributed by atoms with van der Waals surface area (Å²) in [7, 11) is 0. The van der Waals surface area contributed by atoms with Gasteiger partial charge >= 0.3 is 5.97 Å². The lowest BCUT2D eigenvalue weighted by Gasteiger charge is -2.14. The number of carbonyl (C=O) groups is 2. The van der Waals surface area contributed by atoms with E-state index in [1.54, 1.807) is 42.5 Å². The zero-order valence-electron chi connectivity index (χ0n) is 10.3. The molecule has 1 unspecified atom stereocenters. The molecule has 0 aliphatic carbocycles. The average Bonchev–Trinajstić information content (AvgIpc) is 2.45. The summed E-state index contributed by atoms with van der Waals surface area (Å²) in [6.45, 7) is 0. The minimum Gasteiger partial charge on any atom is -0.479 e. The molecule has 0 aliphatic rings. The van der Waals surface area contributed by atoms with E-state index < -0.39 is 17.9 Å². The van der Waals surface area contributed by atoms with Crippen molar-refractivity contribution in [2.24, 2.45) is 0 Å². The predicted molar refractivity (Wildman–Crippen MR) is 76.2 cm³/mol. The quantitative estimate of drug-likeness (QED) is 0.899. The third-order valence-electron chi connectivity index (χ3n) is 2.63. The molecule has 0 radical (unpaired) electrons. The average molecular weight is 335 g/mol. The van der Waals surface area contributed by atoms with Gasteiger partial charge in [0.05, 0.1) is 0 Å². The maximum Gasteiger partial charge on any atom is 0.330 e. The van der Waals surface area contributed by atoms with E-state index in [4.69, 9.17) is 0 Å². The number of carbonyl (C=O) groups excluding carboxylic acids is 1. The molecule has 1 amide bonds. The molecular weight excluding hydrogens is 324 g/mol. The Morgan fingerprint density at radius 3 is 2.45 bits per heavy atom. The summed E-state index contributed by atoms with van der Waals surface area (Å²) in [5.74, 6) is -1.68. The Kier molecular flexibility index (Phi) is 4.47. The fraction of sp³-hybridized carbons (Fsp3) is 0.0714. The van der Waals surface area contributed by atoms with Crippen molar-refractivity contribution >= 4 is 27.8 Å². The molecule has 102 valence electrons. The van der Waals surface area contributed by atoms with Crippen LogP contribution < -0.4 is 5.32 Å². The van der Waals surface area contributed by atoms with Crippen LogP contribution in [-0.2, 0) is 4.79 Å². The standard InChI is InChI=1S/C14H11BrN2O3/c15-10-7-4-8-16-12(10)13(18)17-11(14(19)20)9-5-2-1-3-6-9/h1-8,11H,(H,17,18)(H,19,20). The van der Waals surface area contributed by atoms with Gasteiger partial charge in [-0.1, -0.05) is 30.3 Å². The van der Waals surface area contributed by atoms with Crippen LogP contribution in [0.25, 0.3) is 0 Å². The lowest BCUT2D eigenvalue weighted by atomic mass is 10.1. The second-order valence-corrected chi connectivity index (χ2v) is 4.84. The maximum absolute atomic E-state index is 12.1. The van der Waals surface area contributed by atoms with Crippen molar-refractivity contribution in [3.05, 3.63) is 64.4 Å². The second-order valence-electron chi connectivity index (χ2n) is 3.99. The first-order valence-electron chi connectivity index (χ1n) is 5.78. The maximum atomic E-state index is 12.1. The topological polar surface area (TPSA) is 79.3 Å². The summed E-state index contributed by atoms with van der Waals surface area (Å²) < 4.78 is 0.509. The minimum atomic E-state index is -1.13. The number of nitrogens with zero attached hydrogens (tertiary/aromatic N) is 1. The number of pyridine rings is 1. The molecule has 2 rings (SSSR count). The number of nitrogens with one attached hydrogen (secondary N) is 1. The lowest BCUT2D eigenvalue weighted by Crippen LogP contribution is -2.34. The normalized spacial score (nSPS) is 11.7. The van der Waals surface area contributed by atoms with E-state index in [1.165, 1.54) is 6.20 Å². The first-order valence-corrected chi connectivity index (χ1v) is 6.58. The minimum absolute atomic E-state index is 0.148. The Hall–Kier alpha value is -2.21. The number of hydrogen-bond acceptors (Lipinski definition) is 3. The molecule has 6 heteroatoms. The van der Waals surface area contributed by atoms with E-state index >= 15 is 0 Å². The van der Waals surface area contributed by atoms with Crippen molar-refractivity contribution in [1.82, 2.24) is 10.3 Å². The van der Waals surface area contributed by atoms with Gasteiger partial charge in [-0.25, -0.2) is 9.78 Å². The van der Waals surface area contributed by atoms with Crippen LogP contribution in [0.1, 0.15) is 22.1 Å². The van der Waals surface area contributed by atoms with Crippen LogP contribution in [0.3, 0.4) is 0 Å². The lowest BCUT2D eigenvalue weighted by molar-refractivity contribution is -0.139. The van der Waals surface area contributed by atoms with E-state index in [0.29, 0.717) is 10.0 Å². The van der Waals surface area contributed by atoms with Crippen LogP contribution in [0.2, 0.25) is 0 Å². The number of carboxylic acid groups (broad SMARTS) is 1. The van der Waals surface area contributed by atoms with Crippen LogP contribution in [0.15, 0.2) is 53.1 Å². The third kappa shape index (κ3) is 3.21. The van der Waals surface area contributed by atoms with Crippen molar-refractivity contribution in [2.45, 2.75) is 6.04 Å². The number of rotatable bonds is 4. The fourth-order valence-corrected chi connectivity index (χ4v) is 2.12. The van der Waals surface area contributed by atoms with Crippen LogP contribution in [-0.4, -0.2) is 22.0 Å². The van der Waals surface area contributed by atoms with Gasteiger partial charge in [0.15, 0.2) is 6.04 Å². The first kappa shape index (κ1) is 14.2. The molecule has 0 bridgehead atoms. The van der Waals surface area contributed by atoms with Gasteiger partial charge in [0.2, 0.25) is 0 Å². The zero-order valence-corrected chi connectivity index (χ0v) is 11.9. The summed E-state index contributed by atoms with van der Waals surface area (Å²) in [5.41, 5.74) is 0.648. The second kappa shape index (κ2) is 6.29. The molecule has 20 heavy (non-hydrogen) atoms. The number of amides is 1. The molecule has 0 saturated carbocycles. The molecular formula is C14H11BrN2O3. The van der Waals surface area contributed by atoms with Crippen molar-refractivity contribution < 1.29 is 14.7 Å². The number of halogens is 1. The van der Waals surface area contributed by atoms with Crippen LogP contribution in [0.5, 0.6) is 0 Å². The van der Waals surface area contributed by atoms with Crippen LogP contribution in [0, 0.1) is 0 Å². The summed E-state index contributed by atoms with van der Waals surface area (Å²) in [5, 5.41) is 11.7. The highest BCUT2D eigenvalue weighted by Gasteiger charge is 2.23. The van der Waals surface area contributed by atoms with Gasteiger partial charge in [-0.05, 0) is 33.6 Å². The summed E-state index contributed by atoms with van der Waals surface area (Å²) in [4.78, 5) is 27.3. The molecule has 0 fully saturated rings. The van der Waals surface area contributed by atoms with Crippen LogP contribution in [0.4, 0.5) is 0 Å². The predicted octanol–water partition coefficient (Wildman–Crippen LogP) is 2.40. The van der Waals surface area contributed by atoms with Gasteiger partial charge in [0.25, 0.3) is 5.91 Å². The first-order chi connectivity index (χ1) is 9.59. The molecule has 1 atom stereocenters. The zero-order chi connectivity index (χ0) is 14.5. The summed E-state index contributed by atoms with van der Waals surface area (Å²) in [6, 6.07) is 10.7. The van der Waals surface area contributed by atoms with E-state index in [1.807, 2.05) is 0 Å². The van der Waals surface area contributed by atoms with Gasteiger partial charge in [0.1, 0.15) is 5.69 Å². The van der Waals surface area contributed by atoms with Gasteiger partial charge < -0.3 is 10.4 Å². The summed E-state index contributed by atoms with van der Waals surface area (Å²) >= 11 is 3.21. The highest BCUT2D eigenvalue weighted by atomic mass is 79.9. The van der Waals surface area contributed by atoms with E-state index in [9.17, 15) is 14.7 Å². The van der Waals surface area contributed by atoms with Crippen molar-refractivity contribution in [3.8, 4) is 0 Å². The number of aliphatic carboxylic acids is 1. The number of hydrogen-bond donors (Lipinski definition) is 2. The molecule has 1 aromatic heterocycles. The van der Waals surface area contributed by atoms with Gasteiger partial charge in [-0.15, -0.1) is 0 Å². The number of benzene rings is 1. The number of carboxylic acids is 1. The SMILES string of the molecule is O=C(NC(C(=O)O)c1ccccc1)c1ncccc1Br. The molecule has 2 aromatic rings. The van der Waals surface area contributed by atoms with Gasteiger partial charge in [-0.3, -0.25) is 4.79 Å². The Labute approximate surface area is 123 Å². The highest BCUT2D eigenvalue weighted by Crippen LogP contribution is 2.17. The largest absolute Gasteiger partial charge is 0.479 e. The van der Waals surface area contributed by atoms with E-state index in [0.717, 1.165) is 0 Å². The monoisotopic (exact) mass is 334 g/mol. The fourth-order valence-electron chi connectivity index (χ4n) is 1.69. The number of aromatic nitrogens is 1. The van der Waals surface area contributed by atoms with Gasteiger partial charge in [0, 0.05) is 10.7 Å². The molecule has 0 aliphatic heterocycles. The molecule has 5 nitrogen and oxygen atoms in total. The highest BCUT2D eigenvalue weighted by molar-refractivity contribution is 9.10. The Morgan fingerprint density at radius 1 is 1.15 bits per heavy atom. The summed E-state index contributed by atoms with van der Waals surface area (Å²) in [6.07, 6.45) is 1.47. The van der Waals surface area contributed by atoms with Crippen LogP contribution >= 0.6 is 15.9 Å². The Bertz CT molecular complexity index is 631. The molecule has 2 N–H and O–H groups in total. The van der Waals surface area contributed by atoms with Crippen molar-refractivity contribution in [1.29, 1.82) is 0 Å². The molecule has 1 heterocycles.